The molecule has 2 aromatic carbocycles. The molecule has 2 aromatic rings. The lowest BCUT2D eigenvalue weighted by atomic mass is 10.1. The summed E-state index contributed by atoms with van der Waals surface area (Å²) in [6.45, 7) is 2.61. The Hall–Kier alpha value is -2.54. The summed E-state index contributed by atoms with van der Waals surface area (Å²) in [5.74, 6) is 0.643. The number of carbonyl (C=O) groups is 2. The van der Waals surface area contributed by atoms with Crippen molar-refractivity contribution in [1.82, 2.24) is 5.32 Å². The molecule has 1 atom stereocenters. The van der Waals surface area contributed by atoms with E-state index in [0.29, 0.717) is 29.3 Å². The Labute approximate surface area is 162 Å². The Bertz CT molecular complexity index is 844. The molecule has 0 aromatic heterocycles. The summed E-state index contributed by atoms with van der Waals surface area (Å²) in [5, 5.41) is 8.90. The van der Waals surface area contributed by atoms with Gasteiger partial charge in [-0.05, 0) is 42.3 Å². The molecule has 1 aliphatic heterocycles. The fraction of sp³-hybridized carbons (Fsp3) is 0.300. The summed E-state index contributed by atoms with van der Waals surface area (Å²) < 4.78 is 13.2. The highest BCUT2D eigenvalue weighted by atomic mass is 32.2. The first-order valence-corrected chi connectivity index (χ1v) is 10.0. The Kier molecular flexibility index (Phi) is 6.34. The maximum Gasteiger partial charge on any atom is 0.251 e. The van der Waals surface area contributed by atoms with Gasteiger partial charge in [-0.25, -0.2) is 4.39 Å². The summed E-state index contributed by atoms with van der Waals surface area (Å²) in [6, 6.07) is 11.3. The number of nitrogens with one attached hydrogen (secondary N) is 3. The number of carbonyl (C=O) groups excluding carboxylic acids is 2. The Balaban J connectivity index is 1.59. The average Bonchev–Trinajstić information content (AvgIpc) is 2.66. The van der Waals surface area contributed by atoms with E-state index in [1.807, 2.05) is 13.0 Å². The SMILES string of the molecule is CCCNC(=O)c1ccc2c(c1)NC(=O)C(CSCc1cccc(F)c1)N2. The van der Waals surface area contributed by atoms with Crippen LogP contribution in [-0.4, -0.2) is 30.2 Å². The van der Waals surface area contributed by atoms with Crippen LogP contribution in [0.5, 0.6) is 0 Å². The molecular formula is C20H22FN3O2S. The lowest BCUT2D eigenvalue weighted by molar-refractivity contribution is -0.116. The monoisotopic (exact) mass is 387 g/mol. The van der Waals surface area contributed by atoms with Crippen LogP contribution in [0.2, 0.25) is 0 Å². The number of hydrogen-bond acceptors (Lipinski definition) is 4. The molecule has 5 nitrogen and oxygen atoms in total. The van der Waals surface area contributed by atoms with Crippen LogP contribution < -0.4 is 16.0 Å². The van der Waals surface area contributed by atoms with E-state index in [-0.39, 0.29) is 23.7 Å². The number of fused-ring (bicyclic) bond motifs is 1. The fourth-order valence-corrected chi connectivity index (χ4v) is 3.77. The molecule has 0 spiro atoms. The fourth-order valence-electron chi connectivity index (χ4n) is 2.77. The third-order valence-corrected chi connectivity index (χ3v) is 5.27. The van der Waals surface area contributed by atoms with Gasteiger partial charge in [0.05, 0.1) is 11.4 Å². The summed E-state index contributed by atoms with van der Waals surface area (Å²) in [7, 11) is 0. The maximum absolute atomic E-state index is 13.2. The zero-order valence-electron chi connectivity index (χ0n) is 15.0. The van der Waals surface area contributed by atoms with Crippen molar-refractivity contribution in [3.63, 3.8) is 0 Å². The van der Waals surface area contributed by atoms with E-state index in [4.69, 9.17) is 0 Å². The third-order valence-electron chi connectivity index (χ3n) is 4.16. The van der Waals surface area contributed by atoms with Gasteiger partial charge >= 0.3 is 0 Å². The number of benzene rings is 2. The predicted molar refractivity (Wildman–Crippen MR) is 108 cm³/mol. The van der Waals surface area contributed by atoms with Crippen molar-refractivity contribution in [1.29, 1.82) is 0 Å². The number of halogens is 1. The largest absolute Gasteiger partial charge is 0.371 e. The zero-order chi connectivity index (χ0) is 19.2. The Morgan fingerprint density at radius 2 is 2.07 bits per heavy atom. The molecule has 1 aliphatic rings. The maximum atomic E-state index is 13.2. The Morgan fingerprint density at radius 1 is 1.22 bits per heavy atom. The Morgan fingerprint density at radius 3 is 2.85 bits per heavy atom. The minimum atomic E-state index is -0.379. The first-order valence-electron chi connectivity index (χ1n) is 8.88. The first-order chi connectivity index (χ1) is 13.1. The van der Waals surface area contributed by atoms with Crippen molar-refractivity contribution >= 4 is 35.0 Å². The van der Waals surface area contributed by atoms with Crippen molar-refractivity contribution in [2.75, 3.05) is 22.9 Å². The standard InChI is InChI=1S/C20H22FN3O2S/c1-2-8-22-19(25)14-6-7-16-17(10-14)24-20(26)18(23-16)12-27-11-13-4-3-5-15(21)9-13/h3-7,9-10,18,23H,2,8,11-12H2,1H3,(H,22,25)(H,24,26). The van der Waals surface area contributed by atoms with Gasteiger partial charge in [-0.1, -0.05) is 19.1 Å². The lowest BCUT2D eigenvalue weighted by Gasteiger charge is -2.27. The summed E-state index contributed by atoms with van der Waals surface area (Å²) in [4.78, 5) is 24.4. The van der Waals surface area contributed by atoms with Gasteiger partial charge in [-0.15, -0.1) is 0 Å². The molecule has 3 rings (SSSR count). The minimum Gasteiger partial charge on any atom is -0.371 e. The normalized spacial score (nSPS) is 15.5. The van der Waals surface area contributed by atoms with Crippen LogP contribution in [0.4, 0.5) is 15.8 Å². The molecule has 1 heterocycles. The van der Waals surface area contributed by atoms with E-state index >= 15 is 0 Å². The van der Waals surface area contributed by atoms with E-state index in [0.717, 1.165) is 17.7 Å². The lowest BCUT2D eigenvalue weighted by Crippen LogP contribution is -2.40. The van der Waals surface area contributed by atoms with E-state index in [9.17, 15) is 14.0 Å². The van der Waals surface area contributed by atoms with Crippen molar-refractivity contribution in [3.05, 3.63) is 59.4 Å². The second-order valence-corrected chi connectivity index (χ2v) is 7.38. The topological polar surface area (TPSA) is 70.2 Å². The summed E-state index contributed by atoms with van der Waals surface area (Å²) >= 11 is 1.56. The van der Waals surface area contributed by atoms with Gasteiger partial charge in [0.25, 0.3) is 5.91 Å². The molecule has 2 amide bonds. The average molecular weight is 387 g/mol. The van der Waals surface area contributed by atoms with Crippen molar-refractivity contribution < 1.29 is 14.0 Å². The van der Waals surface area contributed by atoms with Gasteiger partial charge in [0.1, 0.15) is 11.9 Å². The van der Waals surface area contributed by atoms with Gasteiger partial charge in [-0.2, -0.15) is 11.8 Å². The smallest absolute Gasteiger partial charge is 0.251 e. The van der Waals surface area contributed by atoms with Gasteiger partial charge in [0.15, 0.2) is 0 Å². The van der Waals surface area contributed by atoms with Crippen LogP contribution in [0.3, 0.4) is 0 Å². The van der Waals surface area contributed by atoms with Crippen LogP contribution in [0, 0.1) is 5.82 Å². The third kappa shape index (κ3) is 5.01. The highest BCUT2D eigenvalue weighted by Crippen LogP contribution is 2.29. The van der Waals surface area contributed by atoms with Crippen LogP contribution in [0.15, 0.2) is 42.5 Å². The highest BCUT2D eigenvalue weighted by Gasteiger charge is 2.26. The van der Waals surface area contributed by atoms with Crippen LogP contribution >= 0.6 is 11.8 Å². The summed E-state index contributed by atoms with van der Waals surface area (Å²) in [6.07, 6.45) is 0.865. The van der Waals surface area contributed by atoms with Gasteiger partial charge in [0.2, 0.25) is 5.91 Å². The molecular weight excluding hydrogens is 365 g/mol. The molecule has 0 radical (unpaired) electrons. The van der Waals surface area contributed by atoms with Gasteiger partial charge < -0.3 is 16.0 Å². The molecule has 27 heavy (non-hydrogen) atoms. The van der Waals surface area contributed by atoms with E-state index in [1.54, 1.807) is 36.0 Å². The van der Waals surface area contributed by atoms with Crippen LogP contribution in [0.25, 0.3) is 0 Å². The number of rotatable bonds is 7. The number of amides is 2. The van der Waals surface area contributed by atoms with E-state index in [1.165, 1.54) is 12.1 Å². The molecule has 0 fully saturated rings. The second-order valence-electron chi connectivity index (χ2n) is 6.35. The van der Waals surface area contributed by atoms with Gasteiger partial charge in [0, 0.05) is 23.6 Å². The number of anilines is 2. The van der Waals surface area contributed by atoms with Crippen LogP contribution in [0.1, 0.15) is 29.3 Å². The van der Waals surface area contributed by atoms with Crippen molar-refractivity contribution in [2.45, 2.75) is 25.1 Å². The van der Waals surface area contributed by atoms with Crippen LogP contribution in [-0.2, 0) is 10.5 Å². The quantitative estimate of drug-likeness (QED) is 0.679. The molecule has 142 valence electrons. The van der Waals surface area contributed by atoms with E-state index in [2.05, 4.69) is 16.0 Å². The minimum absolute atomic E-state index is 0.139. The molecule has 0 bridgehead atoms. The predicted octanol–water partition coefficient (Wildman–Crippen LogP) is 3.63. The molecule has 7 heteroatoms. The van der Waals surface area contributed by atoms with Crippen molar-refractivity contribution in [3.8, 4) is 0 Å². The molecule has 0 saturated heterocycles. The van der Waals surface area contributed by atoms with Crippen molar-refractivity contribution in [2.24, 2.45) is 0 Å². The first kappa shape index (κ1) is 19.2. The van der Waals surface area contributed by atoms with Gasteiger partial charge in [-0.3, -0.25) is 9.59 Å². The number of hydrogen-bond donors (Lipinski definition) is 3. The molecule has 3 N–H and O–H groups in total. The molecule has 0 aliphatic carbocycles. The highest BCUT2D eigenvalue weighted by molar-refractivity contribution is 7.98. The summed E-state index contributed by atoms with van der Waals surface area (Å²) in [5.41, 5.74) is 2.80. The van der Waals surface area contributed by atoms with E-state index < -0.39 is 0 Å². The second kappa shape index (κ2) is 8.90. The molecule has 0 saturated carbocycles. The molecule has 1 unspecified atom stereocenters. The zero-order valence-corrected chi connectivity index (χ0v) is 15.9. The number of thioether (sulfide) groups is 1.